The van der Waals surface area contributed by atoms with Gasteiger partial charge in [-0.25, -0.2) is 0 Å². The number of aromatic hydroxyl groups is 1. The molecular formula is C14H16F3N5O2. The normalized spacial score (nSPS) is 15.5. The topological polar surface area (TPSA) is 76.2 Å². The molecule has 0 spiro atoms. The second kappa shape index (κ2) is 5.62. The fraction of sp³-hybridized carbons (Fsp3) is 0.500. The van der Waals surface area contributed by atoms with Crippen molar-refractivity contribution in [3.05, 3.63) is 39.3 Å². The zero-order valence-corrected chi connectivity index (χ0v) is 13.1. The zero-order valence-electron chi connectivity index (χ0n) is 13.1. The monoisotopic (exact) mass is 343 g/mol. The molecule has 0 atom stereocenters. The highest BCUT2D eigenvalue weighted by molar-refractivity contribution is 5.29. The van der Waals surface area contributed by atoms with Gasteiger partial charge in [0.15, 0.2) is 5.75 Å². The molecule has 0 unspecified atom stereocenters. The number of hydrogen-bond acceptors (Lipinski definition) is 5. The molecule has 0 aliphatic carbocycles. The zero-order chi connectivity index (χ0) is 17.6. The maximum Gasteiger partial charge on any atom is 0.451 e. The van der Waals surface area contributed by atoms with Crippen molar-refractivity contribution in [1.29, 1.82) is 0 Å². The van der Waals surface area contributed by atoms with Crippen LogP contribution in [0.2, 0.25) is 0 Å². The summed E-state index contributed by atoms with van der Waals surface area (Å²) in [7, 11) is 1.72. The predicted octanol–water partition coefficient (Wildman–Crippen LogP) is 1.03. The fourth-order valence-electron chi connectivity index (χ4n) is 2.81. The molecule has 3 heterocycles. The summed E-state index contributed by atoms with van der Waals surface area (Å²) in [6.45, 7) is 2.55. The Hall–Kier alpha value is -2.36. The van der Waals surface area contributed by atoms with Gasteiger partial charge < -0.3 is 14.2 Å². The van der Waals surface area contributed by atoms with Gasteiger partial charge >= 0.3 is 6.18 Å². The number of aryl methyl sites for hydroxylation is 1. The van der Waals surface area contributed by atoms with Crippen LogP contribution in [0, 0.1) is 6.92 Å². The minimum atomic E-state index is -4.54. The van der Waals surface area contributed by atoms with Crippen molar-refractivity contribution in [2.24, 2.45) is 7.05 Å². The van der Waals surface area contributed by atoms with Crippen molar-refractivity contribution in [3.8, 4) is 5.75 Å². The molecule has 0 radical (unpaired) electrons. The van der Waals surface area contributed by atoms with Crippen LogP contribution in [0.25, 0.3) is 0 Å². The van der Waals surface area contributed by atoms with Crippen molar-refractivity contribution in [1.82, 2.24) is 24.2 Å². The highest BCUT2D eigenvalue weighted by atomic mass is 19.4. The van der Waals surface area contributed by atoms with E-state index in [4.69, 9.17) is 0 Å². The molecule has 2 aromatic rings. The number of rotatable bonds is 2. The summed E-state index contributed by atoms with van der Waals surface area (Å²) in [6, 6.07) is 1.33. The quantitative estimate of drug-likeness (QED) is 0.881. The van der Waals surface area contributed by atoms with E-state index in [-0.39, 0.29) is 31.2 Å². The van der Waals surface area contributed by atoms with Gasteiger partial charge in [0.2, 0.25) is 11.3 Å². The van der Waals surface area contributed by atoms with Crippen LogP contribution in [0.3, 0.4) is 0 Å². The van der Waals surface area contributed by atoms with E-state index in [2.05, 4.69) is 10.2 Å². The number of alkyl halides is 3. The molecule has 0 saturated heterocycles. The molecule has 3 rings (SSSR count). The van der Waals surface area contributed by atoms with Crippen LogP contribution in [0.1, 0.15) is 23.0 Å². The third-order valence-corrected chi connectivity index (χ3v) is 4.24. The van der Waals surface area contributed by atoms with Crippen LogP contribution < -0.4 is 5.43 Å². The number of halogens is 3. The average molecular weight is 343 g/mol. The third-order valence-electron chi connectivity index (χ3n) is 4.24. The Morgan fingerprint density at radius 1 is 1.29 bits per heavy atom. The van der Waals surface area contributed by atoms with Crippen LogP contribution in [0.15, 0.2) is 10.9 Å². The van der Waals surface area contributed by atoms with Crippen molar-refractivity contribution in [2.75, 3.05) is 6.54 Å². The molecule has 130 valence electrons. The number of aromatic nitrogens is 4. The number of hydrogen-bond donors (Lipinski definition) is 1. The lowest BCUT2D eigenvalue weighted by atomic mass is 10.2. The van der Waals surface area contributed by atoms with Gasteiger partial charge in [-0.1, -0.05) is 0 Å². The van der Waals surface area contributed by atoms with Crippen LogP contribution in [0.5, 0.6) is 5.75 Å². The minimum Gasteiger partial charge on any atom is -0.503 e. The summed E-state index contributed by atoms with van der Waals surface area (Å²) in [6.07, 6.45) is -4.54. The number of fused-ring (bicyclic) bond motifs is 1. The highest BCUT2D eigenvalue weighted by Gasteiger charge is 2.39. The Bertz CT molecular complexity index is 840. The SMILES string of the molecule is Cc1cc(=O)c(O)c(CN2CCn3c(nnc3C(F)(F)F)C2)n1C. The summed E-state index contributed by atoms with van der Waals surface area (Å²) in [5, 5.41) is 16.8. The molecule has 1 N–H and O–H groups in total. The molecule has 1 aliphatic rings. The first-order valence-electron chi connectivity index (χ1n) is 7.28. The first-order chi connectivity index (χ1) is 11.2. The number of nitrogens with zero attached hydrogens (tertiary/aromatic N) is 5. The third kappa shape index (κ3) is 2.77. The molecule has 1 aliphatic heterocycles. The number of pyridine rings is 1. The predicted molar refractivity (Wildman–Crippen MR) is 77.2 cm³/mol. The minimum absolute atomic E-state index is 0.0949. The molecule has 0 saturated carbocycles. The average Bonchev–Trinajstić information content (AvgIpc) is 2.93. The fourth-order valence-corrected chi connectivity index (χ4v) is 2.81. The van der Waals surface area contributed by atoms with Crippen molar-refractivity contribution < 1.29 is 18.3 Å². The van der Waals surface area contributed by atoms with E-state index in [1.54, 1.807) is 18.5 Å². The smallest absolute Gasteiger partial charge is 0.451 e. The summed E-state index contributed by atoms with van der Waals surface area (Å²) in [5.74, 6) is -1.13. The van der Waals surface area contributed by atoms with Gasteiger partial charge in [0.25, 0.3) is 0 Å². The highest BCUT2D eigenvalue weighted by Crippen LogP contribution is 2.29. The lowest BCUT2D eigenvalue weighted by molar-refractivity contribution is -0.148. The first kappa shape index (κ1) is 16.5. The van der Waals surface area contributed by atoms with E-state index in [9.17, 15) is 23.1 Å². The van der Waals surface area contributed by atoms with E-state index in [0.29, 0.717) is 17.9 Å². The lowest BCUT2D eigenvalue weighted by Crippen LogP contribution is -2.36. The molecule has 24 heavy (non-hydrogen) atoms. The summed E-state index contributed by atoms with van der Waals surface area (Å²) in [4.78, 5) is 13.6. The molecule has 0 amide bonds. The van der Waals surface area contributed by atoms with E-state index in [0.717, 1.165) is 4.57 Å². The molecule has 0 fully saturated rings. The lowest BCUT2D eigenvalue weighted by Gasteiger charge is -2.29. The Morgan fingerprint density at radius 3 is 2.67 bits per heavy atom. The van der Waals surface area contributed by atoms with E-state index >= 15 is 0 Å². The van der Waals surface area contributed by atoms with Gasteiger partial charge in [-0.3, -0.25) is 9.69 Å². The van der Waals surface area contributed by atoms with E-state index < -0.39 is 17.4 Å². The Balaban J connectivity index is 1.86. The van der Waals surface area contributed by atoms with Crippen LogP contribution in [-0.2, 0) is 32.9 Å². The maximum absolute atomic E-state index is 12.8. The van der Waals surface area contributed by atoms with Crippen molar-refractivity contribution in [3.63, 3.8) is 0 Å². The summed E-state index contributed by atoms with van der Waals surface area (Å²) >= 11 is 0. The van der Waals surface area contributed by atoms with Crippen molar-refractivity contribution >= 4 is 0 Å². The molecule has 0 bridgehead atoms. The van der Waals surface area contributed by atoms with Gasteiger partial charge in [-0.2, -0.15) is 13.2 Å². The maximum atomic E-state index is 12.8. The van der Waals surface area contributed by atoms with Gasteiger partial charge in [0.1, 0.15) is 5.82 Å². The Morgan fingerprint density at radius 2 is 2.00 bits per heavy atom. The largest absolute Gasteiger partial charge is 0.503 e. The molecular weight excluding hydrogens is 327 g/mol. The van der Waals surface area contributed by atoms with Gasteiger partial charge in [-0.15, -0.1) is 10.2 Å². The van der Waals surface area contributed by atoms with E-state index in [1.807, 2.05) is 4.90 Å². The molecule has 7 nitrogen and oxygen atoms in total. The van der Waals surface area contributed by atoms with Crippen LogP contribution in [-0.4, -0.2) is 35.9 Å². The first-order valence-corrected chi connectivity index (χ1v) is 7.28. The van der Waals surface area contributed by atoms with Gasteiger partial charge in [-0.05, 0) is 6.92 Å². The standard InChI is InChI=1S/C14H16F3N5O2/c1-8-5-10(23)12(24)9(20(8)2)6-21-3-4-22-11(7-21)18-19-13(22)14(15,16)17/h5,24H,3-4,6-7H2,1-2H3. The molecule has 2 aromatic heterocycles. The van der Waals surface area contributed by atoms with Crippen LogP contribution >= 0.6 is 0 Å². The Labute approximate surface area is 135 Å². The van der Waals surface area contributed by atoms with Crippen molar-refractivity contribution in [2.45, 2.75) is 32.7 Å². The summed E-state index contributed by atoms with van der Waals surface area (Å²) in [5.41, 5.74) is 0.636. The van der Waals surface area contributed by atoms with Gasteiger partial charge in [0, 0.05) is 38.4 Å². The second-order valence-electron chi connectivity index (χ2n) is 5.80. The second-order valence-corrected chi connectivity index (χ2v) is 5.80. The summed E-state index contributed by atoms with van der Waals surface area (Å²) < 4.78 is 41.3. The van der Waals surface area contributed by atoms with Crippen LogP contribution in [0.4, 0.5) is 13.2 Å². The Kier molecular flexibility index (Phi) is 3.86. The van der Waals surface area contributed by atoms with E-state index in [1.165, 1.54) is 6.07 Å². The molecule has 10 heteroatoms. The van der Waals surface area contributed by atoms with Gasteiger partial charge in [0.05, 0.1) is 12.2 Å². The molecule has 0 aromatic carbocycles.